The Balaban J connectivity index is 1.77. The van der Waals surface area contributed by atoms with Gasteiger partial charge >= 0.3 is 0 Å². The third-order valence-electron chi connectivity index (χ3n) is 3.63. The fourth-order valence-electron chi connectivity index (χ4n) is 2.54. The Bertz CT molecular complexity index is 680. The highest BCUT2D eigenvalue weighted by Gasteiger charge is 2.25. The molecule has 0 radical (unpaired) electrons. The number of carboxylic acid groups (broad SMARTS) is 1. The third-order valence-corrected chi connectivity index (χ3v) is 3.63. The molecule has 0 spiro atoms. The van der Waals surface area contributed by atoms with Crippen LogP contribution >= 0.6 is 0 Å². The molecule has 21 heavy (non-hydrogen) atoms. The number of carbonyl (C=O) groups is 1. The maximum atomic E-state index is 11.4. The van der Waals surface area contributed by atoms with Crippen LogP contribution in [0.4, 0.5) is 0 Å². The van der Waals surface area contributed by atoms with Crippen molar-refractivity contribution >= 4 is 11.8 Å². The molecule has 1 aliphatic heterocycles. The summed E-state index contributed by atoms with van der Waals surface area (Å²) in [5.41, 5.74) is 3.15. The maximum Gasteiger partial charge on any atom is 0.276 e. The van der Waals surface area contributed by atoms with E-state index in [9.17, 15) is 9.90 Å². The topological polar surface area (TPSA) is 66.1 Å². The van der Waals surface area contributed by atoms with Crippen LogP contribution in [0.25, 0.3) is 0 Å². The number of carbonyl (C=O) groups excluding carboxylic acids is 1. The molecule has 4 nitrogen and oxygen atoms in total. The van der Waals surface area contributed by atoms with Crippen molar-refractivity contribution in [1.29, 1.82) is 0 Å². The minimum absolute atomic E-state index is 0.385. The summed E-state index contributed by atoms with van der Waals surface area (Å²) in [5.74, 6) is -0.340. The van der Waals surface area contributed by atoms with Gasteiger partial charge in [0.25, 0.3) is 5.84 Å². The Morgan fingerprint density at radius 3 is 2.62 bits per heavy atom. The second-order valence-corrected chi connectivity index (χ2v) is 5.09. The van der Waals surface area contributed by atoms with Gasteiger partial charge in [-0.2, -0.15) is 0 Å². The SMILES string of the molecule is O=C([O-])[C@H](Cc1ccccc1)NC1=[NH+]Cc2ccccc21. The largest absolute Gasteiger partial charge is 0.546 e. The van der Waals surface area contributed by atoms with E-state index in [1.807, 2.05) is 54.6 Å². The molecular weight excluding hydrogens is 264 g/mol. The fraction of sp³-hybridized carbons (Fsp3) is 0.176. The highest BCUT2D eigenvalue weighted by atomic mass is 16.4. The lowest BCUT2D eigenvalue weighted by molar-refractivity contribution is -0.471. The van der Waals surface area contributed by atoms with Gasteiger partial charge in [-0.25, -0.2) is 0 Å². The molecule has 1 atom stereocenters. The first-order chi connectivity index (χ1) is 10.2. The van der Waals surface area contributed by atoms with Crippen molar-refractivity contribution in [2.75, 3.05) is 0 Å². The maximum absolute atomic E-state index is 11.4. The van der Waals surface area contributed by atoms with Crippen LogP contribution in [0, 0.1) is 0 Å². The smallest absolute Gasteiger partial charge is 0.276 e. The second kappa shape index (κ2) is 5.79. The van der Waals surface area contributed by atoms with E-state index in [1.54, 1.807) is 0 Å². The summed E-state index contributed by atoms with van der Waals surface area (Å²) < 4.78 is 0. The van der Waals surface area contributed by atoms with Gasteiger partial charge in [-0.15, -0.1) is 0 Å². The lowest BCUT2D eigenvalue weighted by atomic mass is 10.0. The number of nitrogens with one attached hydrogen (secondary N) is 2. The van der Waals surface area contributed by atoms with Crippen molar-refractivity contribution in [1.82, 2.24) is 5.32 Å². The van der Waals surface area contributed by atoms with E-state index in [1.165, 1.54) is 0 Å². The minimum Gasteiger partial charge on any atom is -0.546 e. The first kappa shape index (κ1) is 13.4. The van der Waals surface area contributed by atoms with E-state index < -0.39 is 12.0 Å². The zero-order chi connectivity index (χ0) is 14.7. The highest BCUT2D eigenvalue weighted by molar-refractivity contribution is 5.98. The Hall–Kier alpha value is -2.62. The molecular formula is C17H16N2O2. The van der Waals surface area contributed by atoms with E-state index in [0.717, 1.165) is 22.5 Å². The highest BCUT2D eigenvalue weighted by Crippen LogP contribution is 2.10. The van der Waals surface area contributed by atoms with E-state index in [0.29, 0.717) is 13.0 Å². The van der Waals surface area contributed by atoms with Crippen molar-refractivity contribution in [2.24, 2.45) is 0 Å². The molecule has 0 aromatic heterocycles. The summed E-state index contributed by atoms with van der Waals surface area (Å²) in [7, 11) is 0. The van der Waals surface area contributed by atoms with Gasteiger partial charge in [0.15, 0.2) is 0 Å². The molecule has 0 saturated heterocycles. The summed E-state index contributed by atoms with van der Waals surface area (Å²) in [6.07, 6.45) is 0.385. The second-order valence-electron chi connectivity index (χ2n) is 5.09. The van der Waals surface area contributed by atoms with Gasteiger partial charge in [-0.1, -0.05) is 48.5 Å². The summed E-state index contributed by atoms with van der Waals surface area (Å²) in [6, 6.07) is 16.7. The van der Waals surface area contributed by atoms with Gasteiger partial charge in [0.1, 0.15) is 12.6 Å². The monoisotopic (exact) mass is 280 g/mol. The van der Waals surface area contributed by atoms with Gasteiger partial charge < -0.3 is 9.90 Å². The first-order valence-electron chi connectivity index (χ1n) is 6.94. The Morgan fingerprint density at radius 2 is 1.86 bits per heavy atom. The third kappa shape index (κ3) is 2.94. The molecule has 4 heteroatoms. The molecule has 2 N–H and O–H groups in total. The molecule has 0 saturated carbocycles. The molecule has 0 unspecified atom stereocenters. The number of carboxylic acids is 1. The molecule has 2 aromatic carbocycles. The number of fused-ring (bicyclic) bond motifs is 1. The zero-order valence-corrected chi connectivity index (χ0v) is 11.5. The first-order valence-corrected chi connectivity index (χ1v) is 6.94. The number of hydrogen-bond donors (Lipinski definition) is 2. The summed E-state index contributed by atoms with van der Waals surface area (Å²) in [4.78, 5) is 14.6. The zero-order valence-electron chi connectivity index (χ0n) is 11.5. The number of amidine groups is 1. The van der Waals surface area contributed by atoms with Crippen LogP contribution in [0.2, 0.25) is 0 Å². The number of benzene rings is 2. The molecule has 2 aromatic rings. The lowest BCUT2D eigenvalue weighted by Crippen LogP contribution is -2.73. The van der Waals surface area contributed by atoms with Crippen LogP contribution in [-0.2, 0) is 17.8 Å². The summed E-state index contributed by atoms with van der Waals surface area (Å²) in [6.45, 7) is 0.712. The van der Waals surface area contributed by atoms with Crippen LogP contribution in [0.3, 0.4) is 0 Å². The lowest BCUT2D eigenvalue weighted by Gasteiger charge is -2.16. The predicted octanol–water partition coefficient (Wildman–Crippen LogP) is -1.02. The Labute approximate surface area is 123 Å². The molecule has 0 aliphatic carbocycles. The minimum atomic E-state index is -1.10. The standard InChI is InChI=1S/C17H16N2O2/c20-17(21)15(10-12-6-2-1-3-7-12)19-16-14-9-5-4-8-13(14)11-18-16/h1-9,15H,10-11H2,(H,18,19)(H,20,21)/t15-/m0/s1. The van der Waals surface area contributed by atoms with Gasteiger partial charge in [0.2, 0.25) is 0 Å². The Kier molecular flexibility index (Phi) is 3.69. The van der Waals surface area contributed by atoms with Gasteiger partial charge in [-0.3, -0.25) is 10.3 Å². The van der Waals surface area contributed by atoms with Gasteiger partial charge in [0, 0.05) is 12.0 Å². The molecule has 0 amide bonds. The average molecular weight is 280 g/mol. The molecule has 1 heterocycles. The number of rotatable bonds is 4. The Morgan fingerprint density at radius 1 is 1.14 bits per heavy atom. The predicted molar refractivity (Wildman–Crippen MR) is 77.3 cm³/mol. The number of aliphatic carboxylic acids is 1. The van der Waals surface area contributed by atoms with E-state index in [4.69, 9.17) is 0 Å². The number of hydrogen-bond acceptors (Lipinski definition) is 3. The van der Waals surface area contributed by atoms with Crippen molar-refractivity contribution in [3.05, 3.63) is 71.3 Å². The fourth-order valence-corrected chi connectivity index (χ4v) is 2.54. The van der Waals surface area contributed by atoms with E-state index in [-0.39, 0.29) is 0 Å². The summed E-state index contributed by atoms with van der Waals surface area (Å²) >= 11 is 0. The van der Waals surface area contributed by atoms with Gasteiger partial charge in [-0.05, 0) is 11.6 Å². The molecule has 0 bridgehead atoms. The van der Waals surface area contributed by atoms with Crippen molar-refractivity contribution < 1.29 is 14.9 Å². The van der Waals surface area contributed by atoms with Crippen LogP contribution in [0.5, 0.6) is 0 Å². The molecule has 0 fully saturated rings. The molecule has 1 aliphatic rings. The van der Waals surface area contributed by atoms with E-state index in [2.05, 4.69) is 10.3 Å². The van der Waals surface area contributed by atoms with Crippen LogP contribution in [0.1, 0.15) is 16.7 Å². The average Bonchev–Trinajstić information content (AvgIpc) is 2.91. The van der Waals surface area contributed by atoms with Gasteiger partial charge in [0.05, 0.1) is 11.5 Å². The quantitative estimate of drug-likeness (QED) is 0.753. The van der Waals surface area contributed by atoms with Crippen molar-refractivity contribution in [3.63, 3.8) is 0 Å². The molecule has 106 valence electrons. The van der Waals surface area contributed by atoms with Crippen molar-refractivity contribution in [3.8, 4) is 0 Å². The summed E-state index contributed by atoms with van der Waals surface area (Å²) in [5, 5.41) is 14.5. The van der Waals surface area contributed by atoms with Crippen LogP contribution < -0.4 is 15.4 Å². The van der Waals surface area contributed by atoms with Crippen molar-refractivity contribution in [2.45, 2.75) is 19.0 Å². The normalized spacial score (nSPS) is 14.2. The van der Waals surface area contributed by atoms with Crippen LogP contribution in [0.15, 0.2) is 54.6 Å². The van der Waals surface area contributed by atoms with E-state index >= 15 is 0 Å². The van der Waals surface area contributed by atoms with Crippen LogP contribution in [-0.4, -0.2) is 17.8 Å². The molecule has 3 rings (SSSR count).